The van der Waals surface area contributed by atoms with Crippen molar-refractivity contribution in [3.8, 4) is 0 Å². The largest absolute Gasteiger partial charge is 0.285 e. The van der Waals surface area contributed by atoms with Crippen LogP contribution in [0.3, 0.4) is 0 Å². The van der Waals surface area contributed by atoms with Gasteiger partial charge < -0.3 is 0 Å². The van der Waals surface area contributed by atoms with Crippen LogP contribution in [0.4, 0.5) is 5.69 Å². The fourth-order valence-electron chi connectivity index (χ4n) is 2.53. The highest BCUT2D eigenvalue weighted by Gasteiger charge is 2.42. The number of nitrogens with zero attached hydrogens (tertiary/aromatic N) is 1. The van der Waals surface area contributed by atoms with E-state index >= 15 is 0 Å². The molecule has 0 saturated carbocycles. The molecule has 5 heteroatoms. The van der Waals surface area contributed by atoms with Gasteiger partial charge in [-0.05, 0) is 18.1 Å². The molecular formula is C13H17NO3S. The number of aliphatic imine (C=N–C) groups is 1. The molecule has 1 heterocycles. The third-order valence-electron chi connectivity index (χ3n) is 3.49. The van der Waals surface area contributed by atoms with Gasteiger partial charge in [0.2, 0.25) is 0 Å². The van der Waals surface area contributed by atoms with Gasteiger partial charge in [0.25, 0.3) is 10.1 Å². The number of benzene rings is 1. The standard InChI is InChI=1S/C13H17NO3S/c1-4-11(18(15,16)17)12-13(2,3)9-7-5-6-8-10(9)14-12/h5-8,11H,4H2,1-3H3,(H,15,16,17). The van der Waals surface area contributed by atoms with Crippen molar-refractivity contribution < 1.29 is 13.0 Å². The predicted molar refractivity (Wildman–Crippen MR) is 72.2 cm³/mol. The summed E-state index contributed by atoms with van der Waals surface area (Å²) < 4.78 is 32.3. The maximum atomic E-state index is 11.5. The van der Waals surface area contributed by atoms with Crippen molar-refractivity contribution in [1.82, 2.24) is 0 Å². The van der Waals surface area contributed by atoms with E-state index in [1.54, 1.807) is 6.92 Å². The summed E-state index contributed by atoms with van der Waals surface area (Å²) >= 11 is 0. The minimum atomic E-state index is -4.12. The number of fused-ring (bicyclic) bond motifs is 1. The molecule has 1 aliphatic heterocycles. The molecule has 18 heavy (non-hydrogen) atoms. The molecule has 2 rings (SSSR count). The smallest absolute Gasteiger partial charge is 0.273 e. The monoisotopic (exact) mass is 267 g/mol. The van der Waals surface area contributed by atoms with Gasteiger partial charge in [-0.25, -0.2) is 0 Å². The first kappa shape index (κ1) is 13.2. The molecule has 1 aromatic carbocycles. The molecule has 1 aliphatic rings. The van der Waals surface area contributed by atoms with E-state index in [9.17, 15) is 13.0 Å². The molecule has 0 spiro atoms. The second kappa shape index (κ2) is 4.17. The predicted octanol–water partition coefficient (Wildman–Crippen LogP) is 2.72. The Morgan fingerprint density at radius 3 is 2.44 bits per heavy atom. The van der Waals surface area contributed by atoms with Gasteiger partial charge in [0.1, 0.15) is 5.25 Å². The number of hydrogen-bond acceptors (Lipinski definition) is 3. The van der Waals surface area contributed by atoms with E-state index in [0.29, 0.717) is 12.1 Å². The first-order chi connectivity index (χ1) is 8.28. The molecule has 0 radical (unpaired) electrons. The Kier molecular flexibility index (Phi) is 3.07. The summed E-state index contributed by atoms with van der Waals surface area (Å²) in [6.45, 7) is 5.61. The molecule has 98 valence electrons. The van der Waals surface area contributed by atoms with Crippen molar-refractivity contribution in [1.29, 1.82) is 0 Å². The number of hydrogen-bond donors (Lipinski definition) is 1. The highest BCUT2D eigenvalue weighted by molar-refractivity contribution is 7.87. The molecule has 0 saturated heterocycles. The van der Waals surface area contributed by atoms with Gasteiger partial charge in [0.15, 0.2) is 0 Å². The van der Waals surface area contributed by atoms with Crippen LogP contribution in [0.1, 0.15) is 32.8 Å². The summed E-state index contributed by atoms with van der Waals surface area (Å²) in [5.41, 5.74) is 1.85. The van der Waals surface area contributed by atoms with Gasteiger partial charge in [0, 0.05) is 11.1 Å². The summed E-state index contributed by atoms with van der Waals surface area (Å²) in [5.74, 6) is 0. The highest BCUT2D eigenvalue weighted by Crippen LogP contribution is 2.41. The fraction of sp³-hybridized carbons (Fsp3) is 0.462. The van der Waals surface area contributed by atoms with Gasteiger partial charge in [0.05, 0.1) is 5.69 Å². The Labute approximate surface area is 108 Å². The third-order valence-corrected chi connectivity index (χ3v) is 4.77. The van der Waals surface area contributed by atoms with Gasteiger partial charge >= 0.3 is 0 Å². The SMILES string of the molecule is CCC(C1=Nc2ccccc2C1(C)C)S(=O)(=O)O. The molecule has 0 amide bonds. The minimum Gasteiger partial charge on any atom is -0.285 e. The van der Waals surface area contributed by atoms with E-state index in [1.165, 1.54) is 0 Å². The first-order valence-corrected chi connectivity index (χ1v) is 7.43. The zero-order valence-electron chi connectivity index (χ0n) is 10.7. The van der Waals surface area contributed by atoms with Crippen LogP contribution in [-0.4, -0.2) is 23.9 Å². The minimum absolute atomic E-state index is 0.315. The Hall–Kier alpha value is -1.20. The lowest BCUT2D eigenvalue weighted by atomic mass is 9.80. The van der Waals surface area contributed by atoms with Crippen LogP contribution in [-0.2, 0) is 15.5 Å². The normalized spacial score (nSPS) is 19.2. The van der Waals surface area contributed by atoms with Crippen molar-refractivity contribution in [3.05, 3.63) is 29.8 Å². The molecule has 1 aromatic rings. The van der Waals surface area contributed by atoms with Crippen molar-refractivity contribution in [3.63, 3.8) is 0 Å². The lowest BCUT2D eigenvalue weighted by Crippen LogP contribution is -2.39. The summed E-state index contributed by atoms with van der Waals surface area (Å²) in [6, 6.07) is 7.59. The van der Waals surface area contributed by atoms with E-state index < -0.39 is 20.8 Å². The average Bonchev–Trinajstić information content (AvgIpc) is 2.51. The van der Waals surface area contributed by atoms with Crippen LogP contribution in [0.25, 0.3) is 0 Å². The van der Waals surface area contributed by atoms with Crippen LogP contribution in [0.2, 0.25) is 0 Å². The Bertz CT molecular complexity index is 602. The zero-order chi connectivity index (χ0) is 13.6. The number of para-hydroxylation sites is 1. The van der Waals surface area contributed by atoms with Gasteiger partial charge in [-0.15, -0.1) is 0 Å². The molecule has 0 bridgehead atoms. The lowest BCUT2D eigenvalue weighted by molar-refractivity contribution is 0.474. The highest BCUT2D eigenvalue weighted by atomic mass is 32.2. The molecule has 0 aromatic heterocycles. The molecule has 1 unspecified atom stereocenters. The quantitative estimate of drug-likeness (QED) is 0.856. The van der Waals surface area contributed by atoms with Gasteiger partial charge in [-0.3, -0.25) is 9.55 Å². The fourth-order valence-corrected chi connectivity index (χ4v) is 3.58. The van der Waals surface area contributed by atoms with Crippen LogP contribution in [0, 0.1) is 0 Å². The van der Waals surface area contributed by atoms with Crippen molar-refractivity contribution in [2.24, 2.45) is 4.99 Å². The molecule has 0 fully saturated rings. The van der Waals surface area contributed by atoms with Crippen LogP contribution in [0.15, 0.2) is 29.3 Å². The molecule has 1 atom stereocenters. The first-order valence-electron chi connectivity index (χ1n) is 5.93. The van der Waals surface area contributed by atoms with Gasteiger partial charge in [-0.1, -0.05) is 39.0 Å². The van der Waals surface area contributed by atoms with Gasteiger partial charge in [-0.2, -0.15) is 8.42 Å². The maximum Gasteiger partial charge on any atom is 0.273 e. The summed E-state index contributed by atoms with van der Waals surface area (Å²) in [5, 5.41) is -0.931. The Morgan fingerprint density at radius 2 is 1.94 bits per heavy atom. The van der Waals surface area contributed by atoms with E-state index in [0.717, 1.165) is 11.3 Å². The van der Waals surface area contributed by atoms with E-state index in [-0.39, 0.29) is 0 Å². The average molecular weight is 267 g/mol. The Morgan fingerprint density at radius 1 is 1.33 bits per heavy atom. The second-order valence-electron chi connectivity index (χ2n) is 5.05. The van der Waals surface area contributed by atoms with Crippen molar-refractivity contribution in [2.45, 2.75) is 37.9 Å². The van der Waals surface area contributed by atoms with Crippen LogP contribution < -0.4 is 0 Å². The van der Waals surface area contributed by atoms with Crippen LogP contribution >= 0.6 is 0 Å². The third kappa shape index (κ3) is 1.97. The van der Waals surface area contributed by atoms with E-state index in [2.05, 4.69) is 4.99 Å². The second-order valence-corrected chi connectivity index (χ2v) is 6.65. The zero-order valence-corrected chi connectivity index (χ0v) is 11.5. The van der Waals surface area contributed by atoms with Crippen molar-refractivity contribution in [2.75, 3.05) is 0 Å². The Balaban J connectivity index is 2.56. The number of rotatable bonds is 3. The van der Waals surface area contributed by atoms with Crippen molar-refractivity contribution >= 4 is 21.5 Å². The molecule has 1 N–H and O–H groups in total. The topological polar surface area (TPSA) is 66.7 Å². The molecule has 4 nitrogen and oxygen atoms in total. The summed E-state index contributed by atoms with van der Waals surface area (Å²) in [6.07, 6.45) is 0.315. The molecule has 0 aliphatic carbocycles. The molecular weight excluding hydrogens is 250 g/mol. The van der Waals surface area contributed by atoms with Crippen LogP contribution in [0.5, 0.6) is 0 Å². The summed E-state index contributed by atoms with van der Waals surface area (Å²) in [4.78, 5) is 4.42. The van der Waals surface area contributed by atoms with E-state index in [1.807, 2.05) is 38.1 Å². The summed E-state index contributed by atoms with van der Waals surface area (Å²) in [7, 11) is -4.12. The maximum absolute atomic E-state index is 11.5. The van der Waals surface area contributed by atoms with E-state index in [4.69, 9.17) is 0 Å². The lowest BCUT2D eigenvalue weighted by Gasteiger charge is -2.26.